The fourth-order valence-electron chi connectivity index (χ4n) is 2.53. The van der Waals surface area contributed by atoms with Crippen molar-refractivity contribution in [2.45, 2.75) is 43.4 Å². The molecule has 0 saturated heterocycles. The minimum Gasteiger partial charge on any atom is -0.409 e. The number of nitrogens with two attached hydrogens (primary N) is 3. The second kappa shape index (κ2) is 12.4. The number of rotatable bonds is 15. The molecular formula is C14H35N3O4Si. The summed E-state index contributed by atoms with van der Waals surface area (Å²) in [4.78, 5) is 0. The van der Waals surface area contributed by atoms with Crippen molar-refractivity contribution in [1.82, 2.24) is 0 Å². The molecule has 0 rings (SSSR count). The standard InChI is InChI=1S/C14H35N3O4Si/c1-18-14(19-2,20-3)13-21-22(10-4-7-15,11-5-8-16)12-6-9-17/h4-13,15-17H2,1-3H3. The molecular weight excluding hydrogens is 302 g/mol. The van der Waals surface area contributed by atoms with Gasteiger partial charge in [0.15, 0.2) is 8.32 Å². The van der Waals surface area contributed by atoms with E-state index in [1.807, 2.05) is 0 Å². The minimum atomic E-state index is -2.00. The molecule has 0 heterocycles. The van der Waals surface area contributed by atoms with Crippen LogP contribution >= 0.6 is 0 Å². The molecule has 0 fully saturated rings. The van der Waals surface area contributed by atoms with Gasteiger partial charge >= 0.3 is 5.97 Å². The minimum absolute atomic E-state index is 0.239. The fourth-order valence-corrected chi connectivity index (χ4v) is 6.74. The SMILES string of the molecule is COC(CO[Si](CCCN)(CCCN)CCCN)(OC)OC. The Morgan fingerprint density at radius 3 is 1.36 bits per heavy atom. The highest BCUT2D eigenvalue weighted by molar-refractivity contribution is 6.73. The Morgan fingerprint density at radius 2 is 1.09 bits per heavy atom. The second-order valence-corrected chi connectivity index (χ2v) is 9.60. The van der Waals surface area contributed by atoms with Crippen LogP contribution in [0.3, 0.4) is 0 Å². The predicted octanol–water partition coefficient (Wildman–Crippen LogP) is 0.588. The van der Waals surface area contributed by atoms with Crippen LogP contribution in [0.5, 0.6) is 0 Å². The first-order valence-corrected chi connectivity index (χ1v) is 10.5. The van der Waals surface area contributed by atoms with Gasteiger partial charge < -0.3 is 35.8 Å². The molecule has 8 heteroatoms. The molecule has 0 saturated carbocycles. The number of hydrogen-bond donors (Lipinski definition) is 3. The van der Waals surface area contributed by atoms with Crippen LogP contribution in [0.2, 0.25) is 18.1 Å². The van der Waals surface area contributed by atoms with Gasteiger partial charge in [0.25, 0.3) is 0 Å². The molecule has 0 radical (unpaired) electrons. The van der Waals surface area contributed by atoms with Crippen LogP contribution in [0.25, 0.3) is 0 Å². The molecule has 0 aromatic rings. The predicted molar refractivity (Wildman–Crippen MR) is 90.9 cm³/mol. The maximum Gasteiger partial charge on any atom is 0.305 e. The van der Waals surface area contributed by atoms with Crippen LogP contribution in [0.4, 0.5) is 0 Å². The molecule has 22 heavy (non-hydrogen) atoms. The Bertz CT molecular complexity index is 238. The van der Waals surface area contributed by atoms with Gasteiger partial charge in [-0.05, 0) is 57.0 Å². The largest absolute Gasteiger partial charge is 0.409 e. The van der Waals surface area contributed by atoms with E-state index in [9.17, 15) is 0 Å². The first kappa shape index (κ1) is 21.9. The lowest BCUT2D eigenvalue weighted by Gasteiger charge is -2.36. The molecule has 0 bridgehead atoms. The molecule has 0 aromatic heterocycles. The number of methoxy groups -OCH3 is 3. The van der Waals surface area contributed by atoms with Gasteiger partial charge in [0, 0.05) is 21.3 Å². The van der Waals surface area contributed by atoms with Crippen LogP contribution in [-0.2, 0) is 18.6 Å². The maximum absolute atomic E-state index is 6.37. The maximum atomic E-state index is 6.37. The van der Waals surface area contributed by atoms with Crippen LogP contribution in [0.15, 0.2) is 0 Å². The highest BCUT2D eigenvalue weighted by atomic mass is 28.4. The lowest BCUT2D eigenvalue weighted by molar-refractivity contribution is -0.362. The van der Waals surface area contributed by atoms with E-state index in [4.69, 9.17) is 35.8 Å². The molecule has 0 spiro atoms. The zero-order chi connectivity index (χ0) is 16.9. The van der Waals surface area contributed by atoms with Crippen LogP contribution in [0.1, 0.15) is 19.3 Å². The second-order valence-electron chi connectivity index (χ2n) is 5.44. The summed E-state index contributed by atoms with van der Waals surface area (Å²) < 4.78 is 22.3. The summed E-state index contributed by atoms with van der Waals surface area (Å²) in [5.74, 6) is -1.16. The van der Waals surface area contributed by atoms with E-state index in [0.29, 0.717) is 19.6 Å². The Morgan fingerprint density at radius 1 is 0.727 bits per heavy atom. The van der Waals surface area contributed by atoms with Gasteiger partial charge in [-0.2, -0.15) is 0 Å². The summed E-state index contributed by atoms with van der Waals surface area (Å²) in [5, 5.41) is 0. The van der Waals surface area contributed by atoms with Gasteiger partial charge in [-0.3, -0.25) is 0 Å². The van der Waals surface area contributed by atoms with E-state index in [1.165, 1.54) is 0 Å². The molecule has 6 N–H and O–H groups in total. The summed E-state index contributed by atoms with van der Waals surface area (Å²) in [6, 6.07) is 2.99. The molecule has 0 aromatic carbocycles. The molecule has 7 nitrogen and oxygen atoms in total. The zero-order valence-corrected chi connectivity index (χ0v) is 15.4. The topological polar surface area (TPSA) is 115 Å². The first-order valence-electron chi connectivity index (χ1n) is 7.97. The molecule has 0 amide bonds. The van der Waals surface area contributed by atoms with Gasteiger partial charge in [0.2, 0.25) is 0 Å². The quantitative estimate of drug-likeness (QED) is 0.296. The Hall–Kier alpha value is -0.0631. The number of ether oxygens (including phenoxy) is 3. The van der Waals surface area contributed by atoms with Crippen molar-refractivity contribution in [2.24, 2.45) is 17.2 Å². The van der Waals surface area contributed by atoms with Gasteiger partial charge in [-0.1, -0.05) is 0 Å². The third-order valence-electron chi connectivity index (χ3n) is 4.00. The molecule has 0 aliphatic carbocycles. The first-order chi connectivity index (χ1) is 10.6. The van der Waals surface area contributed by atoms with E-state index >= 15 is 0 Å². The molecule has 0 atom stereocenters. The Balaban J connectivity index is 4.97. The smallest absolute Gasteiger partial charge is 0.305 e. The van der Waals surface area contributed by atoms with E-state index < -0.39 is 14.3 Å². The van der Waals surface area contributed by atoms with Crippen molar-refractivity contribution in [3.8, 4) is 0 Å². The van der Waals surface area contributed by atoms with Gasteiger partial charge in [0.05, 0.1) is 0 Å². The van der Waals surface area contributed by atoms with Gasteiger partial charge in [0.1, 0.15) is 6.61 Å². The van der Waals surface area contributed by atoms with Crippen molar-refractivity contribution < 1.29 is 18.6 Å². The summed E-state index contributed by atoms with van der Waals surface area (Å²) in [5.41, 5.74) is 17.1. The van der Waals surface area contributed by atoms with Crippen molar-refractivity contribution in [3.05, 3.63) is 0 Å². The van der Waals surface area contributed by atoms with E-state index in [2.05, 4.69) is 0 Å². The highest BCUT2D eigenvalue weighted by Gasteiger charge is 2.38. The zero-order valence-electron chi connectivity index (χ0n) is 14.4. The average molecular weight is 338 g/mol. The van der Waals surface area contributed by atoms with E-state index in [1.54, 1.807) is 21.3 Å². The molecule has 134 valence electrons. The van der Waals surface area contributed by atoms with Crippen LogP contribution in [-0.4, -0.2) is 61.9 Å². The third kappa shape index (κ3) is 7.47. The third-order valence-corrected chi connectivity index (χ3v) is 8.55. The van der Waals surface area contributed by atoms with E-state index in [0.717, 1.165) is 37.4 Å². The van der Waals surface area contributed by atoms with Crippen molar-refractivity contribution in [3.63, 3.8) is 0 Å². The molecule has 0 aliphatic rings. The summed E-state index contributed by atoms with van der Waals surface area (Å²) in [6.45, 7) is 2.22. The summed E-state index contributed by atoms with van der Waals surface area (Å²) in [6.07, 6.45) is 2.84. The fraction of sp³-hybridized carbons (Fsp3) is 1.00. The van der Waals surface area contributed by atoms with Gasteiger partial charge in [-0.15, -0.1) is 0 Å². The van der Waals surface area contributed by atoms with Gasteiger partial charge in [-0.25, -0.2) is 0 Å². The van der Waals surface area contributed by atoms with Crippen LogP contribution < -0.4 is 17.2 Å². The molecule has 0 aliphatic heterocycles. The van der Waals surface area contributed by atoms with Crippen molar-refractivity contribution in [1.29, 1.82) is 0 Å². The normalized spacial score (nSPS) is 12.8. The highest BCUT2D eigenvalue weighted by Crippen LogP contribution is 2.29. The summed E-state index contributed by atoms with van der Waals surface area (Å²) >= 11 is 0. The average Bonchev–Trinajstić information content (AvgIpc) is 2.57. The van der Waals surface area contributed by atoms with Crippen molar-refractivity contribution >= 4 is 8.32 Å². The lowest BCUT2D eigenvalue weighted by Crippen LogP contribution is -2.48. The van der Waals surface area contributed by atoms with Crippen LogP contribution in [0, 0.1) is 0 Å². The monoisotopic (exact) mass is 337 g/mol. The summed E-state index contributed by atoms with van der Waals surface area (Å²) in [7, 11) is 2.63. The van der Waals surface area contributed by atoms with E-state index in [-0.39, 0.29) is 6.61 Å². The lowest BCUT2D eigenvalue weighted by atomic mass is 10.5. The Kier molecular flexibility index (Phi) is 12.3. The number of hydrogen-bond acceptors (Lipinski definition) is 7. The molecule has 0 unspecified atom stereocenters. The Labute approximate surface area is 135 Å². The van der Waals surface area contributed by atoms with Crippen molar-refractivity contribution in [2.75, 3.05) is 47.6 Å².